The van der Waals surface area contributed by atoms with E-state index >= 15 is 0 Å². The SMILES string of the molecule is CC(C)c1cc(C(=O)NCCC(F)(F)F)cc(N)n1. The number of hydrogen-bond acceptors (Lipinski definition) is 3. The lowest BCUT2D eigenvalue weighted by atomic mass is 10.1. The highest BCUT2D eigenvalue weighted by atomic mass is 19.4. The number of amides is 1. The average molecular weight is 275 g/mol. The molecule has 1 rings (SSSR count). The summed E-state index contributed by atoms with van der Waals surface area (Å²) >= 11 is 0. The van der Waals surface area contributed by atoms with Gasteiger partial charge in [-0.2, -0.15) is 13.2 Å². The highest BCUT2D eigenvalue weighted by Gasteiger charge is 2.26. The van der Waals surface area contributed by atoms with E-state index in [9.17, 15) is 18.0 Å². The number of nitrogens with one attached hydrogen (secondary N) is 1. The van der Waals surface area contributed by atoms with Crippen LogP contribution in [0.4, 0.5) is 19.0 Å². The number of anilines is 1. The normalized spacial score (nSPS) is 11.7. The molecule has 4 nitrogen and oxygen atoms in total. The molecule has 1 aromatic heterocycles. The smallest absolute Gasteiger partial charge is 0.384 e. The zero-order chi connectivity index (χ0) is 14.6. The summed E-state index contributed by atoms with van der Waals surface area (Å²) in [5, 5.41) is 2.21. The van der Waals surface area contributed by atoms with Gasteiger partial charge in [0, 0.05) is 17.8 Å². The number of aromatic nitrogens is 1. The molecule has 0 aliphatic rings. The van der Waals surface area contributed by atoms with Gasteiger partial charge in [0.2, 0.25) is 0 Å². The maximum absolute atomic E-state index is 12.0. The minimum Gasteiger partial charge on any atom is -0.384 e. The van der Waals surface area contributed by atoms with Gasteiger partial charge in [0.1, 0.15) is 5.82 Å². The van der Waals surface area contributed by atoms with Crippen molar-refractivity contribution >= 4 is 11.7 Å². The van der Waals surface area contributed by atoms with Crippen molar-refractivity contribution in [2.75, 3.05) is 12.3 Å². The van der Waals surface area contributed by atoms with E-state index in [4.69, 9.17) is 5.73 Å². The standard InChI is InChI=1S/C12H16F3N3O/c1-7(2)9-5-8(6-10(16)18-9)11(19)17-4-3-12(13,14)15/h5-7H,3-4H2,1-2H3,(H2,16,18)(H,17,19). The lowest BCUT2D eigenvalue weighted by Gasteiger charge is -2.10. The lowest BCUT2D eigenvalue weighted by molar-refractivity contribution is -0.132. The van der Waals surface area contributed by atoms with Crippen LogP contribution in [0.3, 0.4) is 0 Å². The molecule has 0 aromatic carbocycles. The molecule has 7 heteroatoms. The van der Waals surface area contributed by atoms with Crippen LogP contribution in [-0.2, 0) is 0 Å². The van der Waals surface area contributed by atoms with Gasteiger partial charge in [-0.15, -0.1) is 0 Å². The number of alkyl halides is 3. The Morgan fingerprint density at radius 3 is 2.58 bits per heavy atom. The maximum Gasteiger partial charge on any atom is 0.390 e. The monoisotopic (exact) mass is 275 g/mol. The second kappa shape index (κ2) is 5.90. The van der Waals surface area contributed by atoms with Gasteiger partial charge in [-0.05, 0) is 18.1 Å². The minimum absolute atomic E-state index is 0.0743. The Morgan fingerprint density at radius 2 is 2.05 bits per heavy atom. The van der Waals surface area contributed by atoms with Crippen LogP contribution in [0.1, 0.15) is 42.2 Å². The predicted octanol–water partition coefficient (Wildman–Crippen LogP) is 2.47. The summed E-state index contributed by atoms with van der Waals surface area (Å²) in [5.74, 6) is -0.336. The molecule has 0 unspecified atom stereocenters. The van der Waals surface area contributed by atoms with Crippen LogP contribution < -0.4 is 11.1 Å². The van der Waals surface area contributed by atoms with Crippen molar-refractivity contribution < 1.29 is 18.0 Å². The van der Waals surface area contributed by atoms with Gasteiger partial charge in [-0.25, -0.2) is 4.98 Å². The first-order chi connectivity index (χ1) is 8.69. The van der Waals surface area contributed by atoms with Crippen LogP contribution >= 0.6 is 0 Å². The van der Waals surface area contributed by atoms with Crippen LogP contribution in [-0.4, -0.2) is 23.6 Å². The molecule has 0 saturated heterocycles. The first-order valence-corrected chi connectivity index (χ1v) is 5.81. The number of hydrogen-bond donors (Lipinski definition) is 2. The second-order valence-corrected chi connectivity index (χ2v) is 4.48. The van der Waals surface area contributed by atoms with Crippen LogP contribution in [0.15, 0.2) is 12.1 Å². The molecule has 0 saturated carbocycles. The number of nitrogen functional groups attached to an aromatic ring is 1. The molecule has 0 atom stereocenters. The number of carbonyl (C=O) groups is 1. The summed E-state index contributed by atoms with van der Waals surface area (Å²) in [6, 6.07) is 2.87. The summed E-state index contributed by atoms with van der Waals surface area (Å²) in [6.45, 7) is 3.31. The van der Waals surface area contributed by atoms with Crippen LogP contribution in [0.25, 0.3) is 0 Å². The van der Waals surface area contributed by atoms with Gasteiger partial charge >= 0.3 is 6.18 Å². The van der Waals surface area contributed by atoms with E-state index in [1.54, 1.807) is 0 Å². The van der Waals surface area contributed by atoms with Gasteiger partial charge in [-0.1, -0.05) is 13.8 Å². The van der Waals surface area contributed by atoms with Crippen LogP contribution in [0, 0.1) is 0 Å². The number of rotatable bonds is 4. The first kappa shape index (κ1) is 15.3. The first-order valence-electron chi connectivity index (χ1n) is 5.81. The van der Waals surface area contributed by atoms with Crippen LogP contribution in [0.5, 0.6) is 0 Å². The van der Waals surface area contributed by atoms with E-state index in [0.717, 1.165) is 0 Å². The largest absolute Gasteiger partial charge is 0.390 e. The van der Waals surface area contributed by atoms with E-state index in [2.05, 4.69) is 10.3 Å². The predicted molar refractivity (Wildman–Crippen MR) is 65.7 cm³/mol. The topological polar surface area (TPSA) is 68.0 Å². The Balaban J connectivity index is 2.72. The van der Waals surface area contributed by atoms with E-state index in [1.165, 1.54) is 12.1 Å². The number of halogens is 3. The average Bonchev–Trinajstić information content (AvgIpc) is 2.26. The van der Waals surface area contributed by atoms with Gasteiger partial charge in [0.05, 0.1) is 6.42 Å². The maximum atomic E-state index is 12.0. The molecule has 1 amide bonds. The van der Waals surface area contributed by atoms with Gasteiger partial charge in [0.15, 0.2) is 0 Å². The molecule has 0 aliphatic heterocycles. The molecular formula is C12H16F3N3O. The van der Waals surface area contributed by atoms with Gasteiger partial charge < -0.3 is 11.1 Å². The highest BCUT2D eigenvalue weighted by Crippen LogP contribution is 2.19. The summed E-state index contributed by atoms with van der Waals surface area (Å²) in [6.07, 6.45) is -5.34. The van der Waals surface area contributed by atoms with Crippen molar-refractivity contribution in [1.82, 2.24) is 10.3 Å². The summed E-state index contributed by atoms with van der Waals surface area (Å²) in [5.41, 5.74) is 6.41. The molecule has 19 heavy (non-hydrogen) atoms. The number of nitrogens with two attached hydrogens (primary N) is 1. The fourth-order valence-electron chi connectivity index (χ4n) is 1.42. The van der Waals surface area contributed by atoms with Crippen molar-refractivity contribution in [3.8, 4) is 0 Å². The summed E-state index contributed by atoms with van der Waals surface area (Å²) in [7, 11) is 0. The molecule has 0 radical (unpaired) electrons. The minimum atomic E-state index is -4.28. The number of pyridine rings is 1. The Hall–Kier alpha value is -1.79. The van der Waals surface area contributed by atoms with Crippen molar-refractivity contribution in [3.05, 3.63) is 23.4 Å². The van der Waals surface area contributed by atoms with E-state index in [1.807, 2.05) is 13.8 Å². The number of carbonyl (C=O) groups excluding carboxylic acids is 1. The molecule has 1 aromatic rings. The zero-order valence-corrected chi connectivity index (χ0v) is 10.7. The fourth-order valence-corrected chi connectivity index (χ4v) is 1.42. The van der Waals surface area contributed by atoms with Crippen molar-refractivity contribution in [3.63, 3.8) is 0 Å². The third-order valence-electron chi connectivity index (χ3n) is 2.41. The third-order valence-corrected chi connectivity index (χ3v) is 2.41. The van der Waals surface area contributed by atoms with Crippen molar-refractivity contribution in [2.24, 2.45) is 0 Å². The molecule has 106 valence electrons. The van der Waals surface area contributed by atoms with Gasteiger partial charge in [-0.3, -0.25) is 4.79 Å². The quantitative estimate of drug-likeness (QED) is 0.887. The van der Waals surface area contributed by atoms with E-state index in [-0.39, 0.29) is 17.3 Å². The van der Waals surface area contributed by atoms with Crippen LogP contribution in [0.2, 0.25) is 0 Å². The Morgan fingerprint density at radius 1 is 1.42 bits per heavy atom. The van der Waals surface area contributed by atoms with Crippen molar-refractivity contribution in [2.45, 2.75) is 32.4 Å². The third kappa shape index (κ3) is 5.15. The number of nitrogens with zero attached hydrogens (tertiary/aromatic N) is 1. The van der Waals surface area contributed by atoms with Crippen molar-refractivity contribution in [1.29, 1.82) is 0 Å². The second-order valence-electron chi connectivity index (χ2n) is 4.48. The Labute approximate surface area is 109 Å². The Kier molecular flexibility index (Phi) is 4.74. The zero-order valence-electron chi connectivity index (χ0n) is 10.7. The summed E-state index contributed by atoms with van der Waals surface area (Å²) in [4.78, 5) is 15.7. The van der Waals surface area contributed by atoms with E-state index < -0.39 is 25.0 Å². The highest BCUT2D eigenvalue weighted by molar-refractivity contribution is 5.94. The Bertz CT molecular complexity index is 458. The molecule has 0 bridgehead atoms. The molecule has 3 N–H and O–H groups in total. The fraction of sp³-hybridized carbons (Fsp3) is 0.500. The molecule has 0 fully saturated rings. The van der Waals surface area contributed by atoms with E-state index in [0.29, 0.717) is 5.69 Å². The summed E-state index contributed by atoms with van der Waals surface area (Å²) < 4.78 is 35.9. The molecular weight excluding hydrogens is 259 g/mol. The van der Waals surface area contributed by atoms with Gasteiger partial charge in [0.25, 0.3) is 5.91 Å². The lowest BCUT2D eigenvalue weighted by Crippen LogP contribution is -2.28. The molecule has 0 spiro atoms. The molecule has 0 aliphatic carbocycles. The molecule has 1 heterocycles.